The Morgan fingerprint density at radius 2 is 1.65 bits per heavy atom. The van der Waals surface area contributed by atoms with Crippen LogP contribution in [0.3, 0.4) is 0 Å². The van der Waals surface area contributed by atoms with Crippen molar-refractivity contribution in [2.75, 3.05) is 13.1 Å². The summed E-state index contributed by atoms with van der Waals surface area (Å²) in [5, 5.41) is 6.78. The van der Waals surface area contributed by atoms with E-state index in [1.54, 1.807) is 0 Å². The van der Waals surface area contributed by atoms with Gasteiger partial charge in [-0.25, -0.2) is 0 Å². The topological polar surface area (TPSA) is 41.1 Å². The van der Waals surface area contributed by atoms with Gasteiger partial charge in [-0.3, -0.25) is 4.79 Å². The second kappa shape index (κ2) is 5.82. The van der Waals surface area contributed by atoms with E-state index in [1.165, 1.54) is 16.7 Å². The van der Waals surface area contributed by atoms with Crippen LogP contribution in [0.15, 0.2) is 54.6 Å². The molecule has 3 nitrogen and oxygen atoms in total. The first-order valence-electron chi connectivity index (χ1n) is 8.45. The molecule has 1 spiro atoms. The van der Waals surface area contributed by atoms with E-state index in [9.17, 15) is 4.79 Å². The van der Waals surface area contributed by atoms with Crippen LogP contribution in [-0.4, -0.2) is 19.0 Å². The number of benzene rings is 2. The van der Waals surface area contributed by atoms with E-state index in [0.29, 0.717) is 0 Å². The highest BCUT2D eigenvalue weighted by Gasteiger charge is 2.43. The molecule has 2 N–H and O–H groups in total. The van der Waals surface area contributed by atoms with Crippen LogP contribution in [0.1, 0.15) is 35.4 Å². The van der Waals surface area contributed by atoms with Crippen molar-refractivity contribution in [3.05, 3.63) is 71.3 Å². The maximum Gasteiger partial charge on any atom is 0.228 e. The predicted molar refractivity (Wildman–Crippen MR) is 91.3 cm³/mol. The zero-order chi connectivity index (χ0) is 15.7. The SMILES string of the molecule is O=C1NC2(CCNCC2)c2ccccc2[C@H]1Cc1ccccc1. The first-order chi connectivity index (χ1) is 11.3. The lowest BCUT2D eigenvalue weighted by Crippen LogP contribution is -2.56. The van der Waals surface area contributed by atoms with Crippen LogP contribution in [0, 0.1) is 0 Å². The monoisotopic (exact) mass is 306 g/mol. The minimum absolute atomic E-state index is 0.0888. The van der Waals surface area contributed by atoms with Crippen molar-refractivity contribution >= 4 is 5.91 Å². The van der Waals surface area contributed by atoms with Crippen LogP contribution < -0.4 is 10.6 Å². The van der Waals surface area contributed by atoms with Gasteiger partial charge in [0.25, 0.3) is 0 Å². The molecule has 2 aromatic rings. The third-order valence-corrected chi connectivity index (χ3v) is 5.27. The lowest BCUT2D eigenvalue weighted by molar-refractivity contribution is -0.126. The summed E-state index contributed by atoms with van der Waals surface area (Å²) in [6.45, 7) is 1.91. The molecule has 1 saturated heterocycles. The number of nitrogens with one attached hydrogen (secondary N) is 2. The summed E-state index contributed by atoms with van der Waals surface area (Å²) in [4.78, 5) is 12.9. The number of hydrogen-bond acceptors (Lipinski definition) is 2. The van der Waals surface area contributed by atoms with Crippen molar-refractivity contribution < 1.29 is 4.79 Å². The average Bonchev–Trinajstić information content (AvgIpc) is 2.60. The number of carbonyl (C=O) groups is 1. The van der Waals surface area contributed by atoms with Gasteiger partial charge in [0.15, 0.2) is 0 Å². The third kappa shape index (κ3) is 2.55. The van der Waals surface area contributed by atoms with E-state index >= 15 is 0 Å². The second-order valence-corrected chi connectivity index (χ2v) is 6.65. The first kappa shape index (κ1) is 14.5. The molecule has 0 aromatic heterocycles. The average molecular weight is 306 g/mol. The summed E-state index contributed by atoms with van der Waals surface area (Å²) < 4.78 is 0. The number of amides is 1. The van der Waals surface area contributed by atoms with Crippen molar-refractivity contribution in [2.24, 2.45) is 0 Å². The van der Waals surface area contributed by atoms with Gasteiger partial charge in [-0.2, -0.15) is 0 Å². The van der Waals surface area contributed by atoms with Crippen LogP contribution in [0.2, 0.25) is 0 Å². The standard InChI is InChI=1S/C20H22N2O/c23-19-17(14-15-6-2-1-3-7-15)16-8-4-5-9-18(16)20(22-19)10-12-21-13-11-20/h1-9,17,21H,10-14H2,(H,22,23)/t17-/m1/s1. The molecule has 2 aromatic carbocycles. The second-order valence-electron chi connectivity index (χ2n) is 6.65. The maximum atomic E-state index is 12.9. The molecule has 3 heteroatoms. The Hall–Kier alpha value is -2.13. The maximum absolute atomic E-state index is 12.9. The fourth-order valence-electron chi connectivity index (χ4n) is 4.07. The van der Waals surface area contributed by atoms with E-state index in [2.05, 4.69) is 47.0 Å². The van der Waals surface area contributed by atoms with Gasteiger partial charge in [0.1, 0.15) is 0 Å². The molecule has 2 aliphatic heterocycles. The molecule has 0 radical (unpaired) electrons. The fraction of sp³-hybridized carbons (Fsp3) is 0.350. The molecular weight excluding hydrogens is 284 g/mol. The predicted octanol–water partition coefficient (Wildman–Crippen LogP) is 2.72. The van der Waals surface area contributed by atoms with E-state index in [1.807, 2.05) is 18.2 Å². The Bertz CT molecular complexity index is 705. The van der Waals surface area contributed by atoms with Crippen molar-refractivity contribution in [3.63, 3.8) is 0 Å². The van der Waals surface area contributed by atoms with Gasteiger partial charge in [0.05, 0.1) is 11.5 Å². The molecule has 23 heavy (non-hydrogen) atoms. The van der Waals surface area contributed by atoms with Gasteiger partial charge in [0, 0.05) is 0 Å². The highest BCUT2D eigenvalue weighted by molar-refractivity contribution is 5.87. The molecular formula is C20H22N2O. The van der Waals surface area contributed by atoms with Crippen LogP contribution >= 0.6 is 0 Å². The van der Waals surface area contributed by atoms with Crippen molar-refractivity contribution in [3.8, 4) is 0 Å². The molecule has 0 saturated carbocycles. The molecule has 0 bridgehead atoms. The summed E-state index contributed by atoms with van der Waals surface area (Å²) >= 11 is 0. The molecule has 1 atom stereocenters. The van der Waals surface area contributed by atoms with Crippen molar-refractivity contribution in [1.82, 2.24) is 10.6 Å². The molecule has 2 heterocycles. The lowest BCUT2D eigenvalue weighted by Gasteiger charge is -2.45. The fourth-order valence-corrected chi connectivity index (χ4v) is 4.07. The number of carbonyl (C=O) groups excluding carboxylic acids is 1. The first-order valence-corrected chi connectivity index (χ1v) is 8.45. The molecule has 1 fully saturated rings. The number of hydrogen-bond donors (Lipinski definition) is 2. The Morgan fingerprint density at radius 1 is 0.957 bits per heavy atom. The molecule has 118 valence electrons. The van der Waals surface area contributed by atoms with Gasteiger partial charge < -0.3 is 10.6 Å². The summed E-state index contributed by atoms with van der Waals surface area (Å²) in [7, 11) is 0. The van der Waals surface area contributed by atoms with Gasteiger partial charge in [-0.05, 0) is 49.0 Å². The largest absolute Gasteiger partial charge is 0.346 e. The molecule has 0 aliphatic carbocycles. The molecule has 4 rings (SSSR count). The summed E-state index contributed by atoms with van der Waals surface area (Å²) in [6, 6.07) is 18.8. The van der Waals surface area contributed by atoms with E-state index in [-0.39, 0.29) is 17.4 Å². The van der Waals surface area contributed by atoms with E-state index in [0.717, 1.165) is 32.4 Å². The Labute approximate surface area is 137 Å². The van der Waals surface area contributed by atoms with E-state index in [4.69, 9.17) is 0 Å². The highest BCUT2D eigenvalue weighted by atomic mass is 16.2. The highest BCUT2D eigenvalue weighted by Crippen LogP contribution is 2.41. The van der Waals surface area contributed by atoms with Gasteiger partial charge in [0.2, 0.25) is 5.91 Å². The summed E-state index contributed by atoms with van der Waals surface area (Å²) in [6.07, 6.45) is 2.69. The number of piperidine rings is 1. The third-order valence-electron chi connectivity index (χ3n) is 5.27. The Morgan fingerprint density at radius 3 is 2.43 bits per heavy atom. The van der Waals surface area contributed by atoms with Crippen molar-refractivity contribution in [1.29, 1.82) is 0 Å². The molecule has 2 aliphatic rings. The smallest absolute Gasteiger partial charge is 0.228 e. The summed E-state index contributed by atoms with van der Waals surface area (Å²) in [5.41, 5.74) is 3.57. The zero-order valence-electron chi connectivity index (χ0n) is 13.2. The normalized spacial score (nSPS) is 22.4. The Kier molecular flexibility index (Phi) is 3.66. The number of fused-ring (bicyclic) bond motifs is 2. The summed E-state index contributed by atoms with van der Waals surface area (Å²) in [5.74, 6) is 0.0866. The zero-order valence-corrected chi connectivity index (χ0v) is 13.2. The van der Waals surface area contributed by atoms with Gasteiger partial charge in [-0.1, -0.05) is 54.6 Å². The minimum atomic E-state index is -0.174. The van der Waals surface area contributed by atoms with Gasteiger partial charge >= 0.3 is 0 Å². The van der Waals surface area contributed by atoms with Crippen LogP contribution in [-0.2, 0) is 16.8 Å². The quantitative estimate of drug-likeness (QED) is 0.896. The van der Waals surface area contributed by atoms with Crippen LogP contribution in [0.4, 0.5) is 0 Å². The van der Waals surface area contributed by atoms with E-state index < -0.39 is 0 Å². The number of rotatable bonds is 2. The van der Waals surface area contributed by atoms with Gasteiger partial charge in [-0.15, -0.1) is 0 Å². The molecule has 0 unspecified atom stereocenters. The van der Waals surface area contributed by atoms with Crippen LogP contribution in [0.25, 0.3) is 0 Å². The lowest BCUT2D eigenvalue weighted by atomic mass is 9.72. The molecule has 1 amide bonds. The van der Waals surface area contributed by atoms with Crippen LogP contribution in [0.5, 0.6) is 0 Å². The Balaban J connectivity index is 1.74. The van der Waals surface area contributed by atoms with Crippen molar-refractivity contribution in [2.45, 2.75) is 30.7 Å². The minimum Gasteiger partial charge on any atom is -0.346 e.